The van der Waals surface area contributed by atoms with E-state index < -0.39 is 6.10 Å². The molecule has 0 bridgehead atoms. The lowest BCUT2D eigenvalue weighted by molar-refractivity contribution is -0.120. The van der Waals surface area contributed by atoms with Crippen molar-refractivity contribution >= 4 is 5.91 Å². The van der Waals surface area contributed by atoms with Crippen LogP contribution in [-0.2, 0) is 4.79 Å². The van der Waals surface area contributed by atoms with Crippen molar-refractivity contribution in [2.24, 2.45) is 0 Å². The summed E-state index contributed by atoms with van der Waals surface area (Å²) in [5.41, 5.74) is 1.19. The molecule has 0 aliphatic heterocycles. The number of aliphatic hydroxyl groups is 1. The first-order chi connectivity index (χ1) is 12.2. The van der Waals surface area contributed by atoms with E-state index in [1.165, 1.54) is 5.57 Å². The van der Waals surface area contributed by atoms with Gasteiger partial charge in [-0.2, -0.15) is 0 Å². The summed E-state index contributed by atoms with van der Waals surface area (Å²) in [6.07, 6.45) is 6.89. The van der Waals surface area contributed by atoms with Crippen LogP contribution in [0.1, 0.15) is 26.7 Å². The fourth-order valence-corrected chi connectivity index (χ4v) is 2.49. The molecule has 0 aromatic rings. The number of hydrogen-bond donors (Lipinski definition) is 2. The van der Waals surface area contributed by atoms with E-state index in [1.807, 2.05) is 33.0 Å². The van der Waals surface area contributed by atoms with Crippen molar-refractivity contribution in [3.05, 3.63) is 23.8 Å². The molecule has 0 aliphatic rings. The number of nitrogens with zero attached hydrogens (tertiary/aromatic N) is 3. The molecule has 0 aromatic carbocycles. The predicted octanol–water partition coefficient (Wildman–Crippen LogP) is 1.19. The van der Waals surface area contributed by atoms with Gasteiger partial charge in [-0.15, -0.1) is 0 Å². The molecule has 0 saturated heterocycles. The second-order valence-corrected chi connectivity index (χ2v) is 7.37. The molecule has 1 atom stereocenters. The third-order valence-corrected chi connectivity index (χ3v) is 4.05. The molecule has 1 unspecified atom stereocenters. The monoisotopic (exact) mass is 368 g/mol. The number of hydrogen-bond acceptors (Lipinski definition) is 5. The first-order valence-corrected chi connectivity index (χ1v) is 9.48. The number of likely N-dealkylation sites (N-methyl/N-ethyl adjacent to an activating group) is 3. The molecule has 152 valence electrons. The van der Waals surface area contributed by atoms with Gasteiger partial charge in [0, 0.05) is 45.7 Å². The molecule has 0 rings (SSSR count). The van der Waals surface area contributed by atoms with Crippen molar-refractivity contribution < 1.29 is 9.90 Å². The summed E-state index contributed by atoms with van der Waals surface area (Å²) in [4.78, 5) is 18.4. The topological polar surface area (TPSA) is 59.1 Å². The molecular formula is C20H40N4O2. The van der Waals surface area contributed by atoms with Crippen LogP contribution < -0.4 is 5.32 Å². The smallest absolute Gasteiger partial charge is 0.223 e. The highest BCUT2D eigenvalue weighted by Crippen LogP contribution is 1.99. The maximum Gasteiger partial charge on any atom is 0.223 e. The van der Waals surface area contributed by atoms with Gasteiger partial charge < -0.3 is 25.1 Å². The predicted molar refractivity (Wildman–Crippen MR) is 110 cm³/mol. The zero-order chi connectivity index (χ0) is 19.9. The molecule has 6 heteroatoms. The molecular weight excluding hydrogens is 328 g/mol. The molecule has 0 fully saturated rings. The average molecular weight is 369 g/mol. The van der Waals surface area contributed by atoms with Crippen LogP contribution in [0.25, 0.3) is 0 Å². The van der Waals surface area contributed by atoms with Crippen molar-refractivity contribution in [1.29, 1.82) is 0 Å². The Bertz CT molecular complexity index is 436. The molecule has 1 amide bonds. The maximum atomic E-state index is 11.9. The van der Waals surface area contributed by atoms with Gasteiger partial charge in [0.15, 0.2) is 0 Å². The molecule has 0 heterocycles. The Morgan fingerprint density at radius 3 is 2.42 bits per heavy atom. The number of aliphatic hydroxyl groups excluding tert-OH is 1. The van der Waals surface area contributed by atoms with Gasteiger partial charge in [-0.1, -0.05) is 23.8 Å². The van der Waals surface area contributed by atoms with Gasteiger partial charge in [0.1, 0.15) is 0 Å². The van der Waals surface area contributed by atoms with Crippen LogP contribution in [0.4, 0.5) is 0 Å². The molecule has 0 saturated carbocycles. The van der Waals surface area contributed by atoms with Crippen LogP contribution in [-0.4, -0.2) is 99.3 Å². The molecule has 0 spiro atoms. The number of allylic oxidation sites excluding steroid dienone is 1. The van der Waals surface area contributed by atoms with E-state index in [4.69, 9.17) is 0 Å². The summed E-state index contributed by atoms with van der Waals surface area (Å²) in [6.45, 7) is 8.69. The van der Waals surface area contributed by atoms with Gasteiger partial charge in [-0.3, -0.25) is 4.79 Å². The highest BCUT2D eigenvalue weighted by atomic mass is 16.3. The molecule has 0 aliphatic carbocycles. The summed E-state index contributed by atoms with van der Waals surface area (Å²) in [7, 11) is 8.20. The summed E-state index contributed by atoms with van der Waals surface area (Å²) < 4.78 is 0. The zero-order valence-corrected chi connectivity index (χ0v) is 17.7. The van der Waals surface area contributed by atoms with Gasteiger partial charge in [0.2, 0.25) is 5.91 Å². The molecule has 26 heavy (non-hydrogen) atoms. The summed E-state index contributed by atoms with van der Waals surface area (Å²) >= 11 is 0. The molecule has 0 aromatic heterocycles. The first-order valence-electron chi connectivity index (χ1n) is 9.48. The second-order valence-electron chi connectivity index (χ2n) is 7.37. The van der Waals surface area contributed by atoms with Crippen molar-refractivity contribution in [2.45, 2.75) is 32.8 Å². The SMILES string of the molecule is C/C=C\CCN(C)CC(O)CNC(=O)C/C=C(\C)CN(C)CCN(C)C. The van der Waals surface area contributed by atoms with Crippen LogP contribution in [0.2, 0.25) is 0 Å². The maximum absolute atomic E-state index is 11.9. The lowest BCUT2D eigenvalue weighted by Gasteiger charge is -2.20. The summed E-state index contributed by atoms with van der Waals surface area (Å²) in [6, 6.07) is 0. The van der Waals surface area contributed by atoms with Gasteiger partial charge in [0.25, 0.3) is 0 Å². The zero-order valence-electron chi connectivity index (χ0n) is 17.7. The second kappa shape index (κ2) is 14.9. The van der Waals surface area contributed by atoms with E-state index in [2.05, 4.69) is 47.2 Å². The quantitative estimate of drug-likeness (QED) is 0.451. The fraction of sp³-hybridized carbons (Fsp3) is 0.750. The Morgan fingerprint density at radius 1 is 1.12 bits per heavy atom. The minimum absolute atomic E-state index is 0.0455. The third kappa shape index (κ3) is 15.1. The Labute approximate surface area is 160 Å². The Kier molecular flexibility index (Phi) is 14.2. The van der Waals surface area contributed by atoms with Gasteiger partial charge in [-0.05, 0) is 48.5 Å². The van der Waals surface area contributed by atoms with Crippen molar-refractivity contribution in [3.8, 4) is 0 Å². The first kappa shape index (κ1) is 24.8. The van der Waals surface area contributed by atoms with E-state index in [0.29, 0.717) is 19.5 Å². The van der Waals surface area contributed by atoms with Crippen molar-refractivity contribution in [3.63, 3.8) is 0 Å². The van der Waals surface area contributed by atoms with Crippen LogP contribution in [0.5, 0.6) is 0 Å². The minimum atomic E-state index is -0.545. The highest BCUT2D eigenvalue weighted by Gasteiger charge is 2.09. The lowest BCUT2D eigenvalue weighted by Crippen LogP contribution is -2.39. The van der Waals surface area contributed by atoms with Crippen molar-refractivity contribution in [1.82, 2.24) is 20.0 Å². The largest absolute Gasteiger partial charge is 0.390 e. The van der Waals surface area contributed by atoms with Gasteiger partial charge in [-0.25, -0.2) is 0 Å². The standard InChI is InChI=1S/C20H40N4O2/c1-7-8-9-12-23(5)17-19(25)15-21-20(26)11-10-18(2)16-24(6)14-13-22(3)4/h7-8,10,19,25H,9,11-17H2,1-6H3,(H,21,26)/b8-7-,18-10+. The normalized spacial score (nSPS) is 14.0. The number of rotatable bonds is 14. The van der Waals surface area contributed by atoms with Gasteiger partial charge in [0.05, 0.1) is 6.10 Å². The van der Waals surface area contributed by atoms with E-state index in [1.54, 1.807) is 0 Å². The Morgan fingerprint density at radius 2 is 1.81 bits per heavy atom. The fourth-order valence-electron chi connectivity index (χ4n) is 2.49. The summed E-state index contributed by atoms with van der Waals surface area (Å²) in [5.74, 6) is -0.0455. The average Bonchev–Trinajstić information content (AvgIpc) is 2.56. The van der Waals surface area contributed by atoms with Gasteiger partial charge >= 0.3 is 0 Å². The third-order valence-electron chi connectivity index (χ3n) is 4.05. The van der Waals surface area contributed by atoms with Crippen LogP contribution >= 0.6 is 0 Å². The molecule has 2 N–H and O–H groups in total. The van der Waals surface area contributed by atoms with E-state index in [-0.39, 0.29) is 5.91 Å². The Hall–Kier alpha value is -1.21. The Balaban J connectivity index is 3.98. The number of nitrogens with one attached hydrogen (secondary N) is 1. The van der Waals surface area contributed by atoms with E-state index >= 15 is 0 Å². The number of amides is 1. The molecule has 0 radical (unpaired) electrons. The molecule has 6 nitrogen and oxygen atoms in total. The van der Waals surface area contributed by atoms with Crippen molar-refractivity contribution in [2.75, 3.05) is 67.5 Å². The number of carbonyl (C=O) groups is 1. The number of carbonyl (C=O) groups excluding carboxylic acids is 1. The van der Waals surface area contributed by atoms with E-state index in [0.717, 1.165) is 32.6 Å². The van der Waals surface area contributed by atoms with Crippen LogP contribution in [0, 0.1) is 0 Å². The van der Waals surface area contributed by atoms with Crippen LogP contribution in [0.15, 0.2) is 23.8 Å². The van der Waals surface area contributed by atoms with E-state index in [9.17, 15) is 9.90 Å². The highest BCUT2D eigenvalue weighted by molar-refractivity contribution is 5.77. The van der Waals surface area contributed by atoms with Crippen LogP contribution in [0.3, 0.4) is 0 Å². The summed E-state index contributed by atoms with van der Waals surface area (Å²) in [5, 5.41) is 12.8. The lowest BCUT2D eigenvalue weighted by atomic mass is 10.2. The minimum Gasteiger partial charge on any atom is -0.390 e.